The molecule has 0 aliphatic heterocycles. The van der Waals surface area contributed by atoms with Gasteiger partial charge in [-0.15, -0.1) is 0 Å². The van der Waals surface area contributed by atoms with Crippen LogP contribution in [0.3, 0.4) is 0 Å². The summed E-state index contributed by atoms with van der Waals surface area (Å²) in [6.07, 6.45) is 1.23. The van der Waals surface area contributed by atoms with Crippen LogP contribution in [-0.2, 0) is 6.54 Å². The highest BCUT2D eigenvalue weighted by atomic mass is 79.9. The van der Waals surface area contributed by atoms with Crippen molar-refractivity contribution in [1.29, 1.82) is 0 Å². The molecule has 1 heterocycles. The zero-order chi connectivity index (χ0) is 24.6. The number of non-ortho nitro benzene ring substituents is 1. The maximum Gasteiger partial charge on any atom is 0.271 e. The fourth-order valence-corrected chi connectivity index (χ4v) is 3.42. The number of nitro groups is 1. The number of aromatic hydroxyl groups is 1. The highest BCUT2D eigenvalue weighted by molar-refractivity contribution is 9.10. The average Bonchev–Trinajstić information content (AvgIpc) is 2.86. The SMILES string of the molecule is O=[N+]([O-])c1cc(Br)c(O)c(C=NNc2nc(NCc3ccccc3)nc(Nc3ccccc3)n2)c1. The molecule has 0 saturated carbocycles. The minimum Gasteiger partial charge on any atom is -0.506 e. The van der Waals surface area contributed by atoms with Gasteiger partial charge < -0.3 is 15.7 Å². The average molecular weight is 535 g/mol. The van der Waals surface area contributed by atoms with E-state index in [1.54, 1.807) is 0 Å². The molecule has 0 bridgehead atoms. The lowest BCUT2D eigenvalue weighted by Crippen LogP contribution is -2.09. The van der Waals surface area contributed by atoms with Gasteiger partial charge in [0, 0.05) is 29.9 Å². The van der Waals surface area contributed by atoms with Crippen molar-refractivity contribution in [3.63, 3.8) is 0 Å². The van der Waals surface area contributed by atoms with Gasteiger partial charge >= 0.3 is 0 Å². The molecule has 0 amide bonds. The van der Waals surface area contributed by atoms with Crippen molar-refractivity contribution in [1.82, 2.24) is 15.0 Å². The Morgan fingerprint density at radius 2 is 1.63 bits per heavy atom. The standard InChI is InChI=1S/C23H19BrN8O3/c24-19-12-18(32(34)35)11-16(20(19)33)14-26-31-23-29-21(25-13-15-7-3-1-4-8-15)28-22(30-23)27-17-9-5-2-6-10-17/h1-12,14,33H,13H2,(H3,25,27,28,29,30,31). The number of hydrogen-bond donors (Lipinski definition) is 4. The summed E-state index contributed by atoms with van der Waals surface area (Å²) in [4.78, 5) is 23.6. The molecule has 0 spiro atoms. The fourth-order valence-electron chi connectivity index (χ4n) is 2.96. The van der Waals surface area contributed by atoms with Crippen LogP contribution in [-0.4, -0.2) is 31.2 Å². The number of anilines is 4. The quantitative estimate of drug-likeness (QED) is 0.131. The first kappa shape index (κ1) is 23.6. The zero-order valence-electron chi connectivity index (χ0n) is 18.1. The first-order valence-corrected chi connectivity index (χ1v) is 11.1. The van der Waals surface area contributed by atoms with Gasteiger partial charge in [0.15, 0.2) is 0 Å². The molecule has 3 aromatic carbocycles. The van der Waals surface area contributed by atoms with Crippen LogP contribution in [0.2, 0.25) is 0 Å². The van der Waals surface area contributed by atoms with E-state index in [-0.39, 0.29) is 33.4 Å². The van der Waals surface area contributed by atoms with E-state index < -0.39 is 4.92 Å². The molecule has 11 nitrogen and oxygen atoms in total. The highest BCUT2D eigenvalue weighted by Crippen LogP contribution is 2.31. The Labute approximate surface area is 208 Å². The van der Waals surface area contributed by atoms with E-state index in [9.17, 15) is 15.2 Å². The molecule has 1 aromatic heterocycles. The number of para-hydroxylation sites is 1. The number of rotatable bonds is 9. The number of nitrogens with zero attached hydrogens (tertiary/aromatic N) is 5. The minimum atomic E-state index is -0.562. The Balaban J connectivity index is 1.57. The molecule has 12 heteroatoms. The van der Waals surface area contributed by atoms with Gasteiger partial charge in [0.05, 0.1) is 15.6 Å². The lowest BCUT2D eigenvalue weighted by Gasteiger charge is -2.10. The smallest absolute Gasteiger partial charge is 0.271 e. The topological polar surface area (TPSA) is 150 Å². The Morgan fingerprint density at radius 3 is 2.34 bits per heavy atom. The van der Waals surface area contributed by atoms with Crippen molar-refractivity contribution in [3.05, 3.63) is 98.5 Å². The van der Waals surface area contributed by atoms with E-state index in [2.05, 4.69) is 52.0 Å². The largest absolute Gasteiger partial charge is 0.506 e. The van der Waals surface area contributed by atoms with E-state index >= 15 is 0 Å². The third-order valence-electron chi connectivity index (χ3n) is 4.62. The van der Waals surface area contributed by atoms with Crippen molar-refractivity contribution in [2.75, 3.05) is 16.1 Å². The first-order valence-electron chi connectivity index (χ1n) is 10.3. The third-order valence-corrected chi connectivity index (χ3v) is 5.22. The van der Waals surface area contributed by atoms with Gasteiger partial charge in [-0.05, 0) is 33.6 Å². The van der Waals surface area contributed by atoms with E-state index in [1.807, 2.05) is 60.7 Å². The van der Waals surface area contributed by atoms with Crippen LogP contribution in [0.1, 0.15) is 11.1 Å². The molecule has 0 fully saturated rings. The molecule has 0 saturated heterocycles. The summed E-state index contributed by atoms with van der Waals surface area (Å²) >= 11 is 3.10. The Hall–Kier alpha value is -4.58. The van der Waals surface area contributed by atoms with Gasteiger partial charge in [-0.3, -0.25) is 10.1 Å². The molecule has 0 aliphatic rings. The highest BCUT2D eigenvalue weighted by Gasteiger charge is 2.14. The summed E-state index contributed by atoms with van der Waals surface area (Å²) in [6.45, 7) is 0.494. The predicted molar refractivity (Wildman–Crippen MR) is 137 cm³/mol. The summed E-state index contributed by atoms with van der Waals surface area (Å²) in [6, 6.07) is 21.6. The van der Waals surface area contributed by atoms with Crippen LogP contribution in [0.5, 0.6) is 5.75 Å². The monoisotopic (exact) mass is 534 g/mol. The number of nitrogens with one attached hydrogen (secondary N) is 3. The Kier molecular flexibility index (Phi) is 7.43. The van der Waals surface area contributed by atoms with Crippen molar-refractivity contribution in [3.8, 4) is 5.75 Å². The van der Waals surface area contributed by atoms with Crippen LogP contribution < -0.4 is 16.1 Å². The Morgan fingerprint density at radius 1 is 0.971 bits per heavy atom. The normalized spacial score (nSPS) is 10.8. The van der Waals surface area contributed by atoms with E-state index in [4.69, 9.17) is 0 Å². The first-order chi connectivity index (χ1) is 17.0. The summed E-state index contributed by atoms with van der Waals surface area (Å²) < 4.78 is 0.176. The van der Waals surface area contributed by atoms with Gasteiger partial charge in [-0.2, -0.15) is 20.1 Å². The van der Waals surface area contributed by atoms with Crippen molar-refractivity contribution in [2.24, 2.45) is 5.10 Å². The van der Waals surface area contributed by atoms with E-state index in [0.29, 0.717) is 12.5 Å². The number of phenols is 1. The maximum atomic E-state index is 11.1. The van der Waals surface area contributed by atoms with Crippen LogP contribution in [0, 0.1) is 10.1 Å². The molecule has 4 rings (SSSR count). The van der Waals surface area contributed by atoms with Crippen LogP contribution in [0.15, 0.2) is 82.4 Å². The molecule has 0 aliphatic carbocycles. The molecular weight excluding hydrogens is 516 g/mol. The lowest BCUT2D eigenvalue weighted by molar-refractivity contribution is -0.385. The van der Waals surface area contributed by atoms with Gasteiger partial charge in [0.1, 0.15) is 5.75 Å². The predicted octanol–water partition coefficient (Wildman–Crippen LogP) is 5.05. The number of hydrogen-bond acceptors (Lipinski definition) is 10. The summed E-state index contributed by atoms with van der Waals surface area (Å²) in [7, 11) is 0. The molecule has 35 heavy (non-hydrogen) atoms. The van der Waals surface area contributed by atoms with Crippen LogP contribution in [0.4, 0.5) is 29.2 Å². The van der Waals surface area contributed by atoms with E-state index in [1.165, 1.54) is 18.3 Å². The number of phenolic OH excluding ortho intramolecular Hbond substituents is 1. The fraction of sp³-hybridized carbons (Fsp3) is 0.0435. The molecule has 4 aromatic rings. The van der Waals surface area contributed by atoms with Gasteiger partial charge in [0.25, 0.3) is 5.69 Å². The number of benzene rings is 3. The molecule has 4 N–H and O–H groups in total. The molecule has 176 valence electrons. The van der Waals surface area contributed by atoms with Gasteiger partial charge in [0.2, 0.25) is 17.8 Å². The number of hydrazone groups is 1. The van der Waals surface area contributed by atoms with Gasteiger partial charge in [-0.1, -0.05) is 48.5 Å². The third kappa shape index (κ3) is 6.48. The van der Waals surface area contributed by atoms with Crippen molar-refractivity contribution < 1.29 is 10.0 Å². The second kappa shape index (κ2) is 11.0. The number of aromatic nitrogens is 3. The minimum absolute atomic E-state index is 0.120. The summed E-state index contributed by atoms with van der Waals surface area (Å²) in [5.74, 6) is 0.518. The molecule has 0 radical (unpaired) electrons. The lowest BCUT2D eigenvalue weighted by atomic mass is 10.2. The summed E-state index contributed by atoms with van der Waals surface area (Å²) in [5, 5.41) is 31.6. The zero-order valence-corrected chi connectivity index (χ0v) is 19.7. The Bertz CT molecular complexity index is 1350. The number of halogens is 1. The van der Waals surface area contributed by atoms with Crippen LogP contribution in [0.25, 0.3) is 0 Å². The van der Waals surface area contributed by atoms with Crippen molar-refractivity contribution in [2.45, 2.75) is 6.54 Å². The molecular formula is C23H19BrN8O3. The van der Waals surface area contributed by atoms with E-state index in [0.717, 1.165) is 11.3 Å². The summed E-state index contributed by atoms with van der Waals surface area (Å²) in [5.41, 5.74) is 4.46. The number of nitro benzene ring substituents is 1. The van der Waals surface area contributed by atoms with Crippen molar-refractivity contribution >= 4 is 51.4 Å². The second-order valence-corrected chi connectivity index (χ2v) is 7.98. The van der Waals surface area contributed by atoms with Crippen LogP contribution >= 0.6 is 15.9 Å². The van der Waals surface area contributed by atoms with Gasteiger partial charge in [-0.25, -0.2) is 5.43 Å². The molecule has 0 atom stereocenters. The second-order valence-electron chi connectivity index (χ2n) is 7.13. The maximum absolute atomic E-state index is 11.1. The molecule has 0 unspecified atom stereocenters.